The third-order valence-corrected chi connectivity index (χ3v) is 6.55. The topological polar surface area (TPSA) is 134 Å². The fourth-order valence-corrected chi connectivity index (χ4v) is 4.37. The van der Waals surface area contributed by atoms with Crippen molar-refractivity contribution in [2.45, 2.75) is 122 Å². The molecule has 0 amide bonds. The van der Waals surface area contributed by atoms with Crippen LogP contribution in [0.1, 0.15) is 104 Å². The first-order valence-corrected chi connectivity index (χ1v) is 13.7. The van der Waals surface area contributed by atoms with E-state index in [1.54, 1.807) is 6.92 Å². The van der Waals surface area contributed by atoms with E-state index >= 15 is 4.39 Å². The number of rotatable bonds is 18. The maximum Gasteiger partial charge on any atom is 0.330 e. The lowest BCUT2D eigenvalue weighted by molar-refractivity contribution is -0.157. The van der Waals surface area contributed by atoms with Gasteiger partial charge < -0.3 is 14.2 Å². The van der Waals surface area contributed by atoms with Crippen LogP contribution < -0.4 is 11.2 Å². The van der Waals surface area contributed by atoms with Gasteiger partial charge in [-0.3, -0.25) is 28.7 Å². The molecule has 2 heterocycles. The van der Waals surface area contributed by atoms with Crippen LogP contribution in [0.15, 0.2) is 21.9 Å². The highest BCUT2D eigenvalue weighted by Crippen LogP contribution is 2.34. The van der Waals surface area contributed by atoms with E-state index < -0.39 is 47.8 Å². The van der Waals surface area contributed by atoms with E-state index in [0.29, 0.717) is 12.8 Å². The van der Waals surface area contributed by atoms with Crippen LogP contribution in [0, 0.1) is 0 Å². The summed E-state index contributed by atoms with van der Waals surface area (Å²) in [4.78, 5) is 61.5. The summed E-state index contributed by atoms with van der Waals surface area (Å²) in [6.07, 6.45) is 6.04. The molecule has 0 aliphatic carbocycles. The molecular weight excluding hydrogens is 499 g/mol. The van der Waals surface area contributed by atoms with Gasteiger partial charge in [0.2, 0.25) is 0 Å². The minimum Gasteiger partial charge on any atom is -0.458 e. The molecule has 0 aromatic carbocycles. The van der Waals surface area contributed by atoms with E-state index in [4.69, 9.17) is 14.2 Å². The number of Topliss-reactive ketones (excluding diaryl/α,β-unsaturated/α-hetero) is 1. The Morgan fingerprint density at radius 3 is 2.21 bits per heavy atom. The van der Waals surface area contributed by atoms with E-state index in [1.807, 2.05) is 4.98 Å². The second-order valence-electron chi connectivity index (χ2n) is 9.67. The highest BCUT2D eigenvalue weighted by molar-refractivity contribution is 5.83. The smallest absolute Gasteiger partial charge is 0.330 e. The van der Waals surface area contributed by atoms with Crippen LogP contribution in [0.25, 0.3) is 0 Å². The van der Waals surface area contributed by atoms with Gasteiger partial charge in [-0.15, -0.1) is 0 Å². The molecule has 2 rings (SSSR count). The van der Waals surface area contributed by atoms with Crippen molar-refractivity contribution < 1.29 is 33.0 Å². The average Bonchev–Trinajstić information content (AvgIpc) is 3.19. The van der Waals surface area contributed by atoms with Gasteiger partial charge in [0, 0.05) is 18.7 Å². The number of ether oxygens (including phenoxy) is 3. The molecule has 0 radical (unpaired) electrons. The minimum absolute atomic E-state index is 0.165. The lowest BCUT2D eigenvalue weighted by atomic mass is 10.1. The predicted molar refractivity (Wildman–Crippen MR) is 137 cm³/mol. The first-order chi connectivity index (χ1) is 18.3. The first-order valence-electron chi connectivity index (χ1n) is 13.7. The molecule has 1 aromatic rings. The molecule has 11 heteroatoms. The number of halogens is 1. The number of unbranched alkanes of at least 4 members (excludes halogenated alkanes) is 8. The largest absolute Gasteiger partial charge is 0.458 e. The molecule has 0 bridgehead atoms. The fourth-order valence-electron chi connectivity index (χ4n) is 4.37. The number of aromatic nitrogens is 2. The number of H-pyrrole nitrogens is 1. The predicted octanol–water partition coefficient (Wildman–Crippen LogP) is 3.91. The molecule has 4 atom stereocenters. The van der Waals surface area contributed by atoms with Gasteiger partial charge in [0.05, 0.1) is 12.8 Å². The second kappa shape index (κ2) is 16.9. The molecule has 1 aliphatic rings. The Morgan fingerprint density at radius 2 is 1.58 bits per heavy atom. The Balaban J connectivity index is 1.65. The van der Waals surface area contributed by atoms with Crippen molar-refractivity contribution in [1.82, 2.24) is 9.55 Å². The number of nitrogens with zero attached hydrogens (tertiary/aromatic N) is 1. The summed E-state index contributed by atoms with van der Waals surface area (Å²) in [5, 5.41) is 0. The third-order valence-electron chi connectivity index (χ3n) is 6.55. The zero-order valence-corrected chi connectivity index (χ0v) is 22.5. The minimum atomic E-state index is -1.86. The monoisotopic (exact) mass is 540 g/mol. The lowest BCUT2D eigenvalue weighted by Crippen LogP contribution is -2.37. The number of esters is 2. The van der Waals surface area contributed by atoms with Gasteiger partial charge in [0.1, 0.15) is 12.7 Å². The van der Waals surface area contributed by atoms with Gasteiger partial charge >= 0.3 is 17.6 Å². The fraction of sp³-hybridized carbons (Fsp3) is 0.741. The summed E-state index contributed by atoms with van der Waals surface area (Å²) in [7, 11) is 0. The molecule has 38 heavy (non-hydrogen) atoms. The van der Waals surface area contributed by atoms with Crippen LogP contribution in [0.2, 0.25) is 0 Å². The Morgan fingerprint density at radius 1 is 0.947 bits per heavy atom. The van der Waals surface area contributed by atoms with Crippen LogP contribution in [0.3, 0.4) is 0 Å². The number of hydrogen-bond acceptors (Lipinski definition) is 8. The molecule has 1 unspecified atom stereocenters. The Kier molecular flexibility index (Phi) is 14.0. The van der Waals surface area contributed by atoms with Gasteiger partial charge in [-0.1, -0.05) is 65.2 Å². The highest BCUT2D eigenvalue weighted by Gasteiger charge is 2.48. The van der Waals surface area contributed by atoms with E-state index in [-0.39, 0.29) is 25.2 Å². The summed E-state index contributed by atoms with van der Waals surface area (Å²) >= 11 is 0. The van der Waals surface area contributed by atoms with E-state index in [2.05, 4.69) is 6.92 Å². The number of carbonyl (C=O) groups is 3. The maximum absolute atomic E-state index is 15.1. The molecule has 0 saturated carbocycles. The van der Waals surface area contributed by atoms with Gasteiger partial charge in [-0.2, -0.15) is 0 Å². The van der Waals surface area contributed by atoms with Crippen molar-refractivity contribution in [3.05, 3.63) is 33.1 Å². The Hall–Kier alpha value is -2.82. The molecule has 0 spiro atoms. The summed E-state index contributed by atoms with van der Waals surface area (Å²) in [6, 6.07) is 1.06. The Bertz CT molecular complexity index is 1010. The normalized spacial score (nSPS) is 20.8. The quantitative estimate of drug-likeness (QED) is 0.219. The first kappa shape index (κ1) is 31.4. The molecule has 214 valence electrons. The molecule has 10 nitrogen and oxygen atoms in total. The van der Waals surface area contributed by atoms with Gasteiger partial charge in [0.25, 0.3) is 5.56 Å². The highest BCUT2D eigenvalue weighted by atomic mass is 19.1. The van der Waals surface area contributed by atoms with Crippen LogP contribution >= 0.6 is 0 Å². The zero-order chi connectivity index (χ0) is 27.9. The van der Waals surface area contributed by atoms with Crippen molar-refractivity contribution in [2.24, 2.45) is 0 Å². The van der Waals surface area contributed by atoms with Gasteiger partial charge in [-0.05, 0) is 12.8 Å². The molecular formula is C27H41FN2O8. The van der Waals surface area contributed by atoms with Crippen molar-refractivity contribution in [3.63, 3.8) is 0 Å². The van der Waals surface area contributed by atoms with Crippen molar-refractivity contribution in [3.8, 4) is 0 Å². The van der Waals surface area contributed by atoms with Gasteiger partial charge in [-0.25, -0.2) is 9.18 Å². The number of ketones is 1. The number of alkyl halides is 1. The lowest BCUT2D eigenvalue weighted by Gasteiger charge is -2.18. The molecule has 1 N–H and O–H groups in total. The molecule has 1 aromatic heterocycles. The SMILES string of the molecule is CCCCCCCCCCCC(=O)COC(=O)CCC(=O)O[C@@H]1C(F)[C@H](n2ccc(=O)[nH]c2=O)O[C@@H]1CC. The maximum atomic E-state index is 15.1. The number of aromatic amines is 1. The van der Waals surface area contributed by atoms with Crippen molar-refractivity contribution >= 4 is 17.7 Å². The molecule has 1 saturated heterocycles. The summed E-state index contributed by atoms with van der Waals surface area (Å²) < 4.78 is 31.7. The molecule has 1 aliphatic heterocycles. The van der Waals surface area contributed by atoms with E-state index in [1.165, 1.54) is 38.5 Å². The van der Waals surface area contributed by atoms with Crippen molar-refractivity contribution in [1.29, 1.82) is 0 Å². The standard InChI is InChI=1S/C27H41FN2O8/c1-3-5-6-7-8-9-10-11-12-13-19(31)18-36-22(33)14-15-23(34)38-25-20(4-2)37-26(24(25)28)30-17-16-21(32)29-27(30)35/h16-17,20,24-26H,3-15,18H2,1-2H3,(H,29,32,35)/t20-,24?,25+,26-/m1/s1. The summed E-state index contributed by atoms with van der Waals surface area (Å²) in [6.45, 7) is 3.57. The number of hydrogen-bond donors (Lipinski definition) is 1. The van der Waals surface area contributed by atoms with Crippen LogP contribution in [0.5, 0.6) is 0 Å². The summed E-state index contributed by atoms with van der Waals surface area (Å²) in [5.41, 5.74) is -1.48. The van der Waals surface area contributed by atoms with Crippen LogP contribution in [0.4, 0.5) is 4.39 Å². The van der Waals surface area contributed by atoms with Crippen molar-refractivity contribution in [2.75, 3.05) is 6.61 Å². The Labute approximate surface area is 222 Å². The van der Waals surface area contributed by atoms with Gasteiger partial charge in [0.15, 0.2) is 24.3 Å². The van der Waals surface area contributed by atoms with E-state index in [9.17, 15) is 24.0 Å². The van der Waals surface area contributed by atoms with E-state index in [0.717, 1.165) is 36.1 Å². The molecule has 1 fully saturated rings. The number of nitrogens with one attached hydrogen (secondary N) is 1. The second-order valence-corrected chi connectivity index (χ2v) is 9.67. The van der Waals surface area contributed by atoms with Crippen LogP contribution in [-0.4, -0.2) is 52.3 Å². The van der Waals surface area contributed by atoms with Crippen LogP contribution in [-0.2, 0) is 28.6 Å². The zero-order valence-electron chi connectivity index (χ0n) is 22.5. The average molecular weight is 541 g/mol. The third kappa shape index (κ3) is 10.5. The summed E-state index contributed by atoms with van der Waals surface area (Å²) in [5.74, 6) is -1.71. The number of carbonyl (C=O) groups excluding carboxylic acids is 3.